The maximum Gasteiger partial charge on any atom is 0.240 e. The van der Waals surface area contributed by atoms with E-state index in [2.05, 4.69) is 15.2 Å². The molecule has 4 aliphatic carbocycles. The minimum atomic E-state index is -0.192. The van der Waals surface area contributed by atoms with Gasteiger partial charge in [-0.05, 0) is 67.9 Å². The minimum absolute atomic E-state index is 0.165. The smallest absolute Gasteiger partial charge is 0.240 e. The lowest BCUT2D eigenvalue weighted by molar-refractivity contribution is -0.136. The molecule has 1 aromatic heterocycles. The van der Waals surface area contributed by atoms with Gasteiger partial charge in [-0.2, -0.15) is 0 Å². The Bertz CT molecular complexity index is 622. The van der Waals surface area contributed by atoms with Crippen molar-refractivity contribution in [3.8, 4) is 0 Å². The molecule has 1 atom stereocenters. The fraction of sp³-hybridized carbons (Fsp3) is 0.714. The molecule has 6 rings (SSSR count). The molecule has 1 amide bonds. The summed E-state index contributed by atoms with van der Waals surface area (Å²) in [4.78, 5) is 19.8. The van der Waals surface area contributed by atoms with Gasteiger partial charge in [-0.25, -0.2) is 0 Å². The van der Waals surface area contributed by atoms with Crippen LogP contribution in [0.3, 0.4) is 0 Å². The highest BCUT2D eigenvalue weighted by atomic mass is 16.5. The van der Waals surface area contributed by atoms with Gasteiger partial charge in [-0.3, -0.25) is 14.7 Å². The number of nitrogens with one attached hydrogen (secondary N) is 1. The first kappa shape index (κ1) is 16.7. The Hall–Kier alpha value is -1.46. The Balaban J connectivity index is 1.26. The van der Waals surface area contributed by atoms with Crippen LogP contribution in [0.25, 0.3) is 0 Å². The number of morpholine rings is 1. The van der Waals surface area contributed by atoms with E-state index in [1.807, 2.05) is 24.4 Å². The van der Waals surface area contributed by atoms with E-state index in [1.54, 1.807) is 0 Å². The highest BCUT2D eigenvalue weighted by molar-refractivity contribution is 5.82. The molecule has 1 N–H and O–H groups in total. The maximum atomic E-state index is 13.1. The zero-order chi connectivity index (χ0) is 17.5. The Morgan fingerprint density at radius 3 is 2.62 bits per heavy atom. The van der Waals surface area contributed by atoms with Gasteiger partial charge < -0.3 is 10.1 Å². The van der Waals surface area contributed by atoms with Crippen molar-refractivity contribution < 1.29 is 9.53 Å². The van der Waals surface area contributed by atoms with Crippen molar-refractivity contribution in [2.75, 3.05) is 19.8 Å². The molecular formula is C21H29N3O2. The zero-order valence-electron chi connectivity index (χ0n) is 15.3. The first-order valence-electron chi connectivity index (χ1n) is 10.3. The first-order chi connectivity index (χ1) is 12.8. The molecule has 5 heteroatoms. The predicted molar refractivity (Wildman–Crippen MR) is 98.2 cm³/mol. The van der Waals surface area contributed by atoms with Crippen LogP contribution < -0.4 is 5.32 Å². The van der Waals surface area contributed by atoms with Gasteiger partial charge >= 0.3 is 0 Å². The molecule has 2 heterocycles. The first-order valence-corrected chi connectivity index (χ1v) is 10.3. The summed E-state index contributed by atoms with van der Waals surface area (Å²) in [7, 11) is 0. The standard InChI is InChI=1S/C21H29N3O2/c25-21(23-20-16-8-14-7-15(10-16)11-17(20)9-14)19-13-26-6-5-24(19)12-18-3-1-2-4-22-18/h1-4,14-17,19-20H,5-13H2,(H,23,25)/t14?,15?,16?,17?,19-,20?/m1/s1. The summed E-state index contributed by atoms with van der Waals surface area (Å²) in [6.45, 7) is 2.68. The molecule has 4 bridgehead atoms. The number of pyridine rings is 1. The van der Waals surface area contributed by atoms with Gasteiger partial charge in [0, 0.05) is 25.3 Å². The van der Waals surface area contributed by atoms with Crippen LogP contribution in [-0.4, -0.2) is 47.6 Å². The van der Waals surface area contributed by atoms with Gasteiger partial charge in [-0.1, -0.05) is 6.07 Å². The van der Waals surface area contributed by atoms with Gasteiger partial charge in [-0.15, -0.1) is 0 Å². The van der Waals surface area contributed by atoms with Gasteiger partial charge in [0.1, 0.15) is 6.04 Å². The van der Waals surface area contributed by atoms with Gasteiger partial charge in [0.2, 0.25) is 5.91 Å². The summed E-state index contributed by atoms with van der Waals surface area (Å²) >= 11 is 0. The largest absolute Gasteiger partial charge is 0.378 e. The molecule has 0 radical (unpaired) electrons. The lowest BCUT2D eigenvalue weighted by atomic mass is 9.54. The van der Waals surface area contributed by atoms with Gasteiger partial charge in [0.25, 0.3) is 0 Å². The van der Waals surface area contributed by atoms with E-state index in [9.17, 15) is 4.79 Å². The Morgan fingerprint density at radius 2 is 1.92 bits per heavy atom. The summed E-state index contributed by atoms with van der Waals surface area (Å²) in [6, 6.07) is 6.17. The molecule has 0 unspecified atom stereocenters. The van der Waals surface area contributed by atoms with Gasteiger partial charge in [0.15, 0.2) is 0 Å². The monoisotopic (exact) mass is 355 g/mol. The summed E-state index contributed by atoms with van der Waals surface area (Å²) in [5.74, 6) is 3.46. The Kier molecular flexibility index (Phi) is 4.45. The molecule has 140 valence electrons. The normalized spacial score (nSPS) is 39.1. The van der Waals surface area contributed by atoms with Crippen LogP contribution in [0.1, 0.15) is 37.8 Å². The molecule has 1 saturated heterocycles. The third kappa shape index (κ3) is 3.16. The number of hydrogen-bond donors (Lipinski definition) is 1. The Morgan fingerprint density at radius 1 is 1.15 bits per heavy atom. The van der Waals surface area contributed by atoms with E-state index in [0.717, 1.165) is 24.1 Å². The van der Waals surface area contributed by atoms with Crippen molar-refractivity contribution in [2.24, 2.45) is 23.7 Å². The van der Waals surface area contributed by atoms with Crippen LogP contribution in [0.5, 0.6) is 0 Å². The van der Waals surface area contributed by atoms with E-state index in [1.165, 1.54) is 32.1 Å². The summed E-state index contributed by atoms with van der Waals surface area (Å²) < 4.78 is 5.66. The maximum absolute atomic E-state index is 13.1. The number of carbonyl (C=O) groups is 1. The van der Waals surface area contributed by atoms with Gasteiger partial charge in [0.05, 0.1) is 18.9 Å². The lowest BCUT2D eigenvalue weighted by Gasteiger charge is -2.54. The van der Waals surface area contributed by atoms with Crippen LogP contribution in [0.4, 0.5) is 0 Å². The topological polar surface area (TPSA) is 54.5 Å². The van der Waals surface area contributed by atoms with E-state index < -0.39 is 0 Å². The van der Waals surface area contributed by atoms with E-state index in [-0.39, 0.29) is 11.9 Å². The number of amides is 1. The second kappa shape index (κ2) is 6.93. The molecule has 1 aliphatic heterocycles. The van der Waals surface area contributed by atoms with E-state index in [0.29, 0.717) is 37.6 Å². The second-order valence-electron chi connectivity index (χ2n) is 8.85. The lowest BCUT2D eigenvalue weighted by Crippen LogP contribution is -2.60. The summed E-state index contributed by atoms with van der Waals surface area (Å²) in [6.07, 6.45) is 8.59. The number of ether oxygens (including phenoxy) is 1. The molecule has 5 aliphatic rings. The second-order valence-corrected chi connectivity index (χ2v) is 8.85. The van der Waals surface area contributed by atoms with Crippen molar-refractivity contribution in [3.63, 3.8) is 0 Å². The van der Waals surface area contributed by atoms with Crippen molar-refractivity contribution in [1.82, 2.24) is 15.2 Å². The third-order valence-electron chi connectivity index (χ3n) is 7.17. The van der Waals surface area contributed by atoms with Crippen LogP contribution in [0, 0.1) is 23.7 Å². The fourth-order valence-electron chi connectivity index (χ4n) is 6.19. The number of hydrogen-bond acceptors (Lipinski definition) is 4. The molecule has 4 saturated carbocycles. The van der Waals surface area contributed by atoms with Crippen molar-refractivity contribution in [2.45, 2.75) is 50.7 Å². The number of carbonyl (C=O) groups excluding carboxylic acids is 1. The Labute approximate surface area is 155 Å². The average molecular weight is 355 g/mol. The van der Waals surface area contributed by atoms with Crippen LogP contribution >= 0.6 is 0 Å². The van der Waals surface area contributed by atoms with E-state index >= 15 is 0 Å². The molecule has 26 heavy (non-hydrogen) atoms. The van der Waals surface area contributed by atoms with Crippen molar-refractivity contribution in [3.05, 3.63) is 30.1 Å². The fourth-order valence-corrected chi connectivity index (χ4v) is 6.19. The van der Waals surface area contributed by atoms with Crippen molar-refractivity contribution >= 4 is 5.91 Å². The van der Waals surface area contributed by atoms with Crippen LogP contribution in [-0.2, 0) is 16.1 Å². The minimum Gasteiger partial charge on any atom is -0.378 e. The van der Waals surface area contributed by atoms with Crippen molar-refractivity contribution in [1.29, 1.82) is 0 Å². The van der Waals surface area contributed by atoms with Crippen LogP contribution in [0.15, 0.2) is 24.4 Å². The molecule has 1 aromatic rings. The highest BCUT2D eigenvalue weighted by Gasteiger charge is 2.49. The summed E-state index contributed by atoms with van der Waals surface area (Å²) in [5, 5.41) is 3.47. The number of nitrogens with zero attached hydrogens (tertiary/aromatic N) is 2. The SMILES string of the molecule is O=C(NC1C2CC3CC(C2)CC1C3)[C@H]1COCCN1Cc1ccccn1. The van der Waals surface area contributed by atoms with Crippen LogP contribution in [0.2, 0.25) is 0 Å². The molecule has 0 spiro atoms. The van der Waals surface area contributed by atoms with E-state index in [4.69, 9.17) is 4.74 Å². The number of aromatic nitrogens is 1. The molecule has 5 nitrogen and oxygen atoms in total. The third-order valence-corrected chi connectivity index (χ3v) is 7.17. The molecular weight excluding hydrogens is 326 g/mol. The zero-order valence-corrected chi connectivity index (χ0v) is 15.3. The number of rotatable bonds is 4. The molecule has 0 aromatic carbocycles. The highest BCUT2D eigenvalue weighted by Crippen LogP contribution is 2.53. The average Bonchev–Trinajstić information content (AvgIpc) is 2.65. The predicted octanol–water partition coefficient (Wildman–Crippen LogP) is 2.22. The quantitative estimate of drug-likeness (QED) is 0.900. The summed E-state index contributed by atoms with van der Waals surface area (Å²) in [5.41, 5.74) is 1.02. The molecule has 5 fully saturated rings.